The minimum Gasteiger partial charge on any atom is -0.378 e. The third-order valence-corrected chi connectivity index (χ3v) is 2.98. The molecule has 4 heteroatoms. The van der Waals surface area contributed by atoms with Crippen LogP contribution in [0, 0.1) is 0 Å². The maximum atomic E-state index is 11.2. The molecule has 2 unspecified atom stereocenters. The summed E-state index contributed by atoms with van der Waals surface area (Å²) in [5, 5.41) is 6.23. The van der Waals surface area contributed by atoms with E-state index in [0.29, 0.717) is 25.1 Å². The van der Waals surface area contributed by atoms with Gasteiger partial charge in [0.25, 0.3) is 0 Å². The fourth-order valence-corrected chi connectivity index (χ4v) is 2.03. The van der Waals surface area contributed by atoms with Crippen molar-refractivity contribution in [2.24, 2.45) is 0 Å². The standard InChI is InChI=1S/C12H24N2O2/c1-3-11-9-10(6-8-16-11)14-7-5-12(15)13-4-2/h10-11,14H,3-9H2,1-2H3,(H,13,15). The molecule has 0 aromatic heterocycles. The maximum Gasteiger partial charge on any atom is 0.221 e. The molecular formula is C12H24N2O2. The van der Waals surface area contributed by atoms with Gasteiger partial charge < -0.3 is 15.4 Å². The summed E-state index contributed by atoms with van der Waals surface area (Å²) in [7, 11) is 0. The molecule has 0 radical (unpaired) electrons. The molecule has 1 aliphatic rings. The van der Waals surface area contributed by atoms with Crippen molar-refractivity contribution in [1.82, 2.24) is 10.6 Å². The van der Waals surface area contributed by atoms with Crippen LogP contribution in [0.5, 0.6) is 0 Å². The molecule has 0 saturated carbocycles. The van der Waals surface area contributed by atoms with E-state index in [4.69, 9.17) is 4.74 Å². The first-order valence-corrected chi connectivity index (χ1v) is 6.38. The second kappa shape index (κ2) is 7.63. The first kappa shape index (κ1) is 13.5. The summed E-state index contributed by atoms with van der Waals surface area (Å²) in [4.78, 5) is 11.2. The first-order valence-electron chi connectivity index (χ1n) is 6.38. The molecule has 0 spiro atoms. The van der Waals surface area contributed by atoms with Gasteiger partial charge in [-0.3, -0.25) is 4.79 Å². The van der Waals surface area contributed by atoms with Crippen LogP contribution in [0.2, 0.25) is 0 Å². The summed E-state index contributed by atoms with van der Waals surface area (Å²) in [6, 6.07) is 0.521. The molecule has 1 heterocycles. The molecule has 1 saturated heterocycles. The number of nitrogens with one attached hydrogen (secondary N) is 2. The number of carbonyl (C=O) groups excluding carboxylic acids is 1. The predicted molar refractivity (Wildman–Crippen MR) is 64.4 cm³/mol. The SMILES string of the molecule is CCNC(=O)CCNC1CCOC(CC)C1. The van der Waals surface area contributed by atoms with E-state index in [2.05, 4.69) is 17.6 Å². The lowest BCUT2D eigenvalue weighted by molar-refractivity contribution is -0.120. The molecule has 2 N–H and O–H groups in total. The van der Waals surface area contributed by atoms with Crippen molar-refractivity contribution >= 4 is 5.91 Å². The van der Waals surface area contributed by atoms with Gasteiger partial charge in [-0.2, -0.15) is 0 Å². The third-order valence-electron chi connectivity index (χ3n) is 2.98. The fourth-order valence-electron chi connectivity index (χ4n) is 2.03. The summed E-state index contributed by atoms with van der Waals surface area (Å²) in [6.07, 6.45) is 4.18. The Bertz CT molecular complexity index is 209. The van der Waals surface area contributed by atoms with E-state index < -0.39 is 0 Å². The Morgan fingerprint density at radius 1 is 1.44 bits per heavy atom. The molecule has 0 bridgehead atoms. The van der Waals surface area contributed by atoms with Crippen molar-refractivity contribution < 1.29 is 9.53 Å². The van der Waals surface area contributed by atoms with Gasteiger partial charge in [0.15, 0.2) is 0 Å². The highest BCUT2D eigenvalue weighted by molar-refractivity contribution is 5.75. The fraction of sp³-hybridized carbons (Fsp3) is 0.917. The van der Waals surface area contributed by atoms with E-state index >= 15 is 0 Å². The average Bonchev–Trinajstić information content (AvgIpc) is 2.30. The average molecular weight is 228 g/mol. The number of hydrogen-bond acceptors (Lipinski definition) is 3. The zero-order chi connectivity index (χ0) is 11.8. The monoisotopic (exact) mass is 228 g/mol. The van der Waals surface area contributed by atoms with Crippen molar-refractivity contribution in [2.45, 2.75) is 51.7 Å². The highest BCUT2D eigenvalue weighted by Gasteiger charge is 2.20. The molecule has 0 aromatic carbocycles. The summed E-state index contributed by atoms with van der Waals surface area (Å²) in [5.41, 5.74) is 0. The smallest absolute Gasteiger partial charge is 0.221 e. The Labute approximate surface area is 98.1 Å². The van der Waals surface area contributed by atoms with Crippen LogP contribution >= 0.6 is 0 Å². The quantitative estimate of drug-likeness (QED) is 0.714. The van der Waals surface area contributed by atoms with Crippen LogP contribution in [-0.2, 0) is 9.53 Å². The Kier molecular flexibility index (Phi) is 6.42. The Balaban J connectivity index is 2.10. The van der Waals surface area contributed by atoms with E-state index in [0.717, 1.165) is 32.4 Å². The van der Waals surface area contributed by atoms with E-state index in [1.807, 2.05) is 6.92 Å². The topological polar surface area (TPSA) is 50.4 Å². The van der Waals surface area contributed by atoms with Crippen LogP contribution in [-0.4, -0.2) is 37.7 Å². The normalized spacial score (nSPS) is 25.4. The van der Waals surface area contributed by atoms with Gasteiger partial charge in [0.1, 0.15) is 0 Å². The van der Waals surface area contributed by atoms with E-state index in [1.54, 1.807) is 0 Å². The van der Waals surface area contributed by atoms with Gasteiger partial charge in [0.05, 0.1) is 6.10 Å². The number of ether oxygens (including phenoxy) is 1. The van der Waals surface area contributed by atoms with Gasteiger partial charge in [-0.1, -0.05) is 6.92 Å². The van der Waals surface area contributed by atoms with Gasteiger partial charge >= 0.3 is 0 Å². The molecule has 0 aromatic rings. The van der Waals surface area contributed by atoms with Gasteiger partial charge in [-0.25, -0.2) is 0 Å². The molecular weight excluding hydrogens is 204 g/mol. The minimum absolute atomic E-state index is 0.133. The highest BCUT2D eigenvalue weighted by atomic mass is 16.5. The second-order valence-electron chi connectivity index (χ2n) is 4.28. The van der Waals surface area contributed by atoms with Crippen molar-refractivity contribution in [1.29, 1.82) is 0 Å². The maximum absolute atomic E-state index is 11.2. The summed E-state index contributed by atoms with van der Waals surface area (Å²) < 4.78 is 5.60. The van der Waals surface area contributed by atoms with Gasteiger partial charge in [0, 0.05) is 32.2 Å². The minimum atomic E-state index is 0.133. The summed E-state index contributed by atoms with van der Waals surface area (Å²) >= 11 is 0. The van der Waals surface area contributed by atoms with Crippen LogP contribution in [0.3, 0.4) is 0 Å². The van der Waals surface area contributed by atoms with Crippen molar-refractivity contribution in [3.05, 3.63) is 0 Å². The molecule has 1 aliphatic heterocycles. The summed E-state index contributed by atoms with van der Waals surface area (Å²) in [6.45, 7) is 6.43. The lowest BCUT2D eigenvalue weighted by Crippen LogP contribution is -2.40. The van der Waals surface area contributed by atoms with E-state index in [9.17, 15) is 4.79 Å². The van der Waals surface area contributed by atoms with Crippen molar-refractivity contribution in [2.75, 3.05) is 19.7 Å². The van der Waals surface area contributed by atoms with Crippen LogP contribution < -0.4 is 10.6 Å². The Morgan fingerprint density at radius 2 is 2.25 bits per heavy atom. The van der Waals surface area contributed by atoms with Crippen molar-refractivity contribution in [3.63, 3.8) is 0 Å². The van der Waals surface area contributed by atoms with Crippen LogP contribution in [0.1, 0.15) is 39.5 Å². The van der Waals surface area contributed by atoms with Crippen LogP contribution in [0.15, 0.2) is 0 Å². The molecule has 2 atom stereocenters. The number of carbonyl (C=O) groups is 1. The molecule has 4 nitrogen and oxygen atoms in total. The lowest BCUT2D eigenvalue weighted by Gasteiger charge is -2.29. The Hall–Kier alpha value is -0.610. The second-order valence-corrected chi connectivity index (χ2v) is 4.28. The number of hydrogen-bond donors (Lipinski definition) is 2. The molecule has 1 rings (SSSR count). The van der Waals surface area contributed by atoms with E-state index in [1.165, 1.54) is 0 Å². The lowest BCUT2D eigenvalue weighted by atomic mass is 10.0. The molecule has 16 heavy (non-hydrogen) atoms. The first-order chi connectivity index (χ1) is 7.76. The van der Waals surface area contributed by atoms with E-state index in [-0.39, 0.29) is 5.91 Å². The van der Waals surface area contributed by atoms with Crippen LogP contribution in [0.4, 0.5) is 0 Å². The molecule has 0 aliphatic carbocycles. The highest BCUT2D eigenvalue weighted by Crippen LogP contribution is 2.15. The molecule has 94 valence electrons. The van der Waals surface area contributed by atoms with Crippen molar-refractivity contribution in [3.8, 4) is 0 Å². The number of rotatable bonds is 6. The molecule has 1 amide bonds. The third kappa shape index (κ3) is 4.94. The largest absolute Gasteiger partial charge is 0.378 e. The zero-order valence-electron chi connectivity index (χ0n) is 10.4. The number of amides is 1. The molecule has 1 fully saturated rings. The van der Waals surface area contributed by atoms with Crippen LogP contribution in [0.25, 0.3) is 0 Å². The Morgan fingerprint density at radius 3 is 2.94 bits per heavy atom. The van der Waals surface area contributed by atoms with Gasteiger partial charge in [0.2, 0.25) is 5.91 Å². The summed E-state index contributed by atoms with van der Waals surface area (Å²) in [5.74, 6) is 0.133. The predicted octanol–water partition coefficient (Wildman–Crippen LogP) is 1.06. The van der Waals surface area contributed by atoms with Gasteiger partial charge in [-0.15, -0.1) is 0 Å². The zero-order valence-corrected chi connectivity index (χ0v) is 10.4. The van der Waals surface area contributed by atoms with Gasteiger partial charge in [-0.05, 0) is 26.2 Å².